The van der Waals surface area contributed by atoms with E-state index in [0.717, 1.165) is 22.4 Å². The molecule has 0 amide bonds. The van der Waals surface area contributed by atoms with Crippen LogP contribution in [0, 0.1) is 29.5 Å². The maximum absolute atomic E-state index is 14.7. The van der Waals surface area contributed by atoms with Crippen LogP contribution in [0.2, 0.25) is 0 Å². The third-order valence-electron chi connectivity index (χ3n) is 6.77. The molecule has 2 aromatic carbocycles. The molecule has 200 valence electrons. The first kappa shape index (κ1) is 28.9. The van der Waals surface area contributed by atoms with Crippen molar-refractivity contribution in [2.75, 3.05) is 0 Å². The van der Waals surface area contributed by atoms with Crippen molar-refractivity contribution in [3.63, 3.8) is 0 Å². The van der Waals surface area contributed by atoms with E-state index < -0.39 is 0 Å². The van der Waals surface area contributed by atoms with Gasteiger partial charge in [0, 0.05) is 25.1 Å². The summed E-state index contributed by atoms with van der Waals surface area (Å²) < 4.78 is 14.7. The summed E-state index contributed by atoms with van der Waals surface area (Å²) in [4.78, 5) is 5.22. The van der Waals surface area contributed by atoms with Crippen LogP contribution in [0.25, 0.3) is 20.9 Å². The van der Waals surface area contributed by atoms with Crippen molar-refractivity contribution < 1.29 is 4.39 Å². The Hall–Kier alpha value is -3.11. The first-order valence-electron chi connectivity index (χ1n) is 14.3. The van der Waals surface area contributed by atoms with Gasteiger partial charge in [-0.05, 0) is 103 Å². The number of thiophene rings is 2. The molecule has 0 saturated carbocycles. The minimum Gasteiger partial charge on any atom is -0.206 e. The molecule has 4 rings (SSSR count). The molecule has 0 aliphatic carbocycles. The first-order chi connectivity index (χ1) is 19.2. The third-order valence-corrected chi connectivity index (χ3v) is 9.15. The van der Waals surface area contributed by atoms with Crippen LogP contribution in [0.4, 0.5) is 4.39 Å². The van der Waals surface area contributed by atoms with E-state index >= 15 is 0 Å². The van der Waals surface area contributed by atoms with E-state index in [1.807, 2.05) is 29.5 Å². The van der Waals surface area contributed by atoms with E-state index in [1.165, 1.54) is 78.0 Å². The van der Waals surface area contributed by atoms with E-state index in [4.69, 9.17) is 0 Å². The predicted molar refractivity (Wildman–Crippen MR) is 169 cm³/mol. The maximum atomic E-state index is 14.7. The zero-order chi connectivity index (χ0) is 27.3. The van der Waals surface area contributed by atoms with E-state index in [1.54, 1.807) is 23.5 Å². The van der Waals surface area contributed by atoms with E-state index in [-0.39, 0.29) is 5.82 Å². The van der Waals surface area contributed by atoms with E-state index in [2.05, 4.69) is 73.9 Å². The molecule has 39 heavy (non-hydrogen) atoms. The van der Waals surface area contributed by atoms with Crippen molar-refractivity contribution in [3.05, 3.63) is 93.4 Å². The van der Waals surface area contributed by atoms with Gasteiger partial charge in [0.1, 0.15) is 5.82 Å². The van der Waals surface area contributed by atoms with Gasteiger partial charge in [0.05, 0.1) is 5.56 Å². The fourth-order valence-electron chi connectivity index (χ4n) is 4.48. The van der Waals surface area contributed by atoms with Crippen LogP contribution in [0.3, 0.4) is 0 Å². The van der Waals surface area contributed by atoms with Crippen molar-refractivity contribution in [3.8, 4) is 44.6 Å². The maximum Gasteiger partial charge on any atom is 0.139 e. The largest absolute Gasteiger partial charge is 0.206 e. The fourth-order valence-corrected chi connectivity index (χ4v) is 6.58. The van der Waals surface area contributed by atoms with Crippen LogP contribution >= 0.6 is 22.7 Å². The lowest BCUT2D eigenvalue weighted by Crippen LogP contribution is -1.84. The molecule has 0 radical (unpaired) electrons. The average molecular weight is 553 g/mol. The van der Waals surface area contributed by atoms with Crippen molar-refractivity contribution in [1.82, 2.24) is 0 Å². The number of benzene rings is 2. The first-order valence-corrected chi connectivity index (χ1v) is 15.9. The third kappa shape index (κ3) is 8.96. The van der Waals surface area contributed by atoms with Gasteiger partial charge in [-0.15, -0.1) is 22.7 Å². The Morgan fingerprint density at radius 3 is 1.74 bits per heavy atom. The molecule has 0 unspecified atom stereocenters. The highest BCUT2D eigenvalue weighted by atomic mass is 32.1. The van der Waals surface area contributed by atoms with Crippen molar-refractivity contribution in [2.45, 2.75) is 78.1 Å². The van der Waals surface area contributed by atoms with Gasteiger partial charge in [-0.1, -0.05) is 76.5 Å². The summed E-state index contributed by atoms with van der Waals surface area (Å²) in [6.07, 6.45) is 12.5. The molecule has 2 heterocycles. The van der Waals surface area contributed by atoms with Crippen molar-refractivity contribution >= 4 is 22.7 Å². The second kappa shape index (κ2) is 15.5. The second-order valence-corrected chi connectivity index (χ2v) is 12.3. The van der Waals surface area contributed by atoms with Crippen LogP contribution in [0.1, 0.15) is 86.1 Å². The zero-order valence-electron chi connectivity index (χ0n) is 23.1. The minimum absolute atomic E-state index is 0.301. The molecule has 0 atom stereocenters. The number of hydrogen-bond acceptors (Lipinski definition) is 2. The van der Waals surface area contributed by atoms with Gasteiger partial charge < -0.3 is 0 Å². The van der Waals surface area contributed by atoms with Gasteiger partial charge >= 0.3 is 0 Å². The molecule has 3 heteroatoms. The molecule has 0 aliphatic heterocycles. The lowest BCUT2D eigenvalue weighted by molar-refractivity contribution is 0.625. The molecular formula is C36H37FS2. The highest BCUT2D eigenvalue weighted by Crippen LogP contribution is 2.31. The monoisotopic (exact) mass is 552 g/mol. The highest BCUT2D eigenvalue weighted by Gasteiger charge is 2.07. The smallest absolute Gasteiger partial charge is 0.139 e. The quantitative estimate of drug-likeness (QED) is 0.121. The number of hydrogen-bond donors (Lipinski definition) is 0. The lowest BCUT2D eigenvalue weighted by atomic mass is 10.1. The Morgan fingerprint density at radius 1 is 0.590 bits per heavy atom. The molecule has 4 aromatic rings. The predicted octanol–water partition coefficient (Wildman–Crippen LogP) is 10.9. The molecule has 0 N–H and O–H groups in total. The number of rotatable bonds is 12. The molecule has 0 spiro atoms. The average Bonchev–Trinajstić information content (AvgIpc) is 3.63. The van der Waals surface area contributed by atoms with Gasteiger partial charge in [0.2, 0.25) is 0 Å². The Morgan fingerprint density at radius 2 is 1.15 bits per heavy atom. The summed E-state index contributed by atoms with van der Waals surface area (Å²) in [5.41, 5.74) is 3.41. The van der Waals surface area contributed by atoms with Crippen molar-refractivity contribution in [1.29, 1.82) is 0 Å². The number of halogens is 1. The number of unbranched alkanes of at least 4 members (excludes halogenated alkanes) is 6. The number of aryl methyl sites for hydroxylation is 2. The minimum atomic E-state index is -0.301. The Kier molecular flexibility index (Phi) is 11.5. The normalized spacial score (nSPS) is 10.5. The summed E-state index contributed by atoms with van der Waals surface area (Å²) >= 11 is 3.64. The van der Waals surface area contributed by atoms with Crippen LogP contribution in [-0.2, 0) is 12.8 Å². The fraction of sp³-hybridized carbons (Fsp3) is 0.333. The van der Waals surface area contributed by atoms with Gasteiger partial charge in [0.15, 0.2) is 0 Å². The van der Waals surface area contributed by atoms with E-state index in [9.17, 15) is 4.39 Å². The molecule has 0 bridgehead atoms. The van der Waals surface area contributed by atoms with Crippen LogP contribution in [0.15, 0.2) is 66.7 Å². The topological polar surface area (TPSA) is 0 Å². The molecule has 0 aliphatic rings. The molecule has 0 nitrogen and oxygen atoms in total. The van der Waals surface area contributed by atoms with Gasteiger partial charge in [-0.25, -0.2) is 4.39 Å². The Bertz CT molecular complexity index is 1450. The Balaban J connectivity index is 1.32. The Labute approximate surface area is 242 Å². The summed E-state index contributed by atoms with van der Waals surface area (Å²) in [7, 11) is 0. The summed E-state index contributed by atoms with van der Waals surface area (Å²) in [6.45, 7) is 4.48. The SMILES string of the molecule is CCCCCCc1ccc(-c2ccc(C#CC#Cc3ccc(-c4ccc(CCCCCC)s4)cc3F)cc2)s1. The van der Waals surface area contributed by atoms with Crippen LogP contribution in [0.5, 0.6) is 0 Å². The summed E-state index contributed by atoms with van der Waals surface area (Å²) in [6, 6.07) is 22.3. The van der Waals surface area contributed by atoms with Crippen molar-refractivity contribution in [2.24, 2.45) is 0 Å². The lowest BCUT2D eigenvalue weighted by Gasteiger charge is -2.00. The van der Waals surface area contributed by atoms with Crippen LogP contribution < -0.4 is 0 Å². The van der Waals surface area contributed by atoms with Gasteiger partial charge in [0.25, 0.3) is 0 Å². The van der Waals surface area contributed by atoms with E-state index in [0.29, 0.717) is 5.56 Å². The molecule has 0 saturated heterocycles. The van der Waals surface area contributed by atoms with Gasteiger partial charge in [-0.3, -0.25) is 0 Å². The highest BCUT2D eigenvalue weighted by molar-refractivity contribution is 7.15. The molecular weight excluding hydrogens is 516 g/mol. The molecule has 2 aromatic heterocycles. The second-order valence-electron chi connectivity index (χ2n) is 9.93. The van der Waals surface area contributed by atoms with Crippen LogP contribution in [-0.4, -0.2) is 0 Å². The zero-order valence-corrected chi connectivity index (χ0v) is 24.7. The van der Waals surface area contributed by atoms with Gasteiger partial charge in [-0.2, -0.15) is 0 Å². The summed E-state index contributed by atoms with van der Waals surface area (Å²) in [5, 5.41) is 0. The summed E-state index contributed by atoms with van der Waals surface area (Å²) in [5.74, 6) is 11.4. The standard InChI is InChI=1S/C36H37FS2/c1-3-5-7-9-15-32-23-25-35(38-32)30-19-17-28(18-20-30)13-11-12-14-29-21-22-31(27-34(29)37)36-26-24-33(39-36)16-10-8-6-4-2/h17-27H,3-10,15-16H2,1-2H3. The molecule has 0 fully saturated rings.